The van der Waals surface area contributed by atoms with Gasteiger partial charge in [-0.15, -0.1) is 0 Å². The normalized spacial score (nSPS) is 8.00. The zero-order valence-electron chi connectivity index (χ0n) is 8.23. The zero-order valence-corrected chi connectivity index (χ0v) is 8.23. The van der Waals surface area contributed by atoms with E-state index in [1.54, 1.807) is 12.1 Å². The summed E-state index contributed by atoms with van der Waals surface area (Å²) in [5.74, 6) is 5.46. The Morgan fingerprint density at radius 3 is 2.93 bits per heavy atom. The molecular formula is C11H8N4. The van der Waals surface area contributed by atoms with E-state index in [1.165, 1.54) is 0 Å². The van der Waals surface area contributed by atoms with Gasteiger partial charge in [-0.2, -0.15) is 5.26 Å². The van der Waals surface area contributed by atoms with Crippen LogP contribution < -0.4 is 0 Å². The van der Waals surface area contributed by atoms with Crippen LogP contribution in [-0.2, 0) is 0 Å². The molecule has 0 aliphatic heterocycles. The summed E-state index contributed by atoms with van der Waals surface area (Å²) >= 11 is 0. The molecule has 0 fully saturated rings. The maximum absolute atomic E-state index is 8.85. The van der Waals surface area contributed by atoms with Gasteiger partial charge in [-0.05, 0) is 30.2 Å². The molecule has 0 amide bonds. The number of nitrogens with zero attached hydrogens (tertiary/aromatic N) is 4. The Hall–Kier alpha value is -2.42. The highest BCUT2D eigenvalue weighted by atomic mass is 15.1. The molecule has 0 bridgehead atoms. The second-order valence-corrected chi connectivity index (χ2v) is 2.85. The Balaban J connectivity index is 2.98. The van der Waals surface area contributed by atoms with Crippen LogP contribution in [-0.4, -0.2) is 6.54 Å². The SMILES string of the molecule is Cc1ccc(C#CCN=[N+]=[N-])c(C#N)c1. The molecule has 0 unspecified atom stereocenters. The van der Waals surface area contributed by atoms with Crippen molar-refractivity contribution in [2.45, 2.75) is 6.92 Å². The lowest BCUT2D eigenvalue weighted by molar-refractivity contribution is 1.25. The summed E-state index contributed by atoms with van der Waals surface area (Å²) in [5, 5.41) is 12.1. The van der Waals surface area contributed by atoms with Crippen LogP contribution in [0.15, 0.2) is 23.3 Å². The second-order valence-electron chi connectivity index (χ2n) is 2.85. The third-order valence-electron chi connectivity index (χ3n) is 1.73. The van der Waals surface area contributed by atoms with E-state index < -0.39 is 0 Å². The van der Waals surface area contributed by atoms with Crippen LogP contribution >= 0.6 is 0 Å². The van der Waals surface area contributed by atoms with Crippen molar-refractivity contribution in [1.29, 1.82) is 5.26 Å². The Morgan fingerprint density at radius 1 is 1.47 bits per heavy atom. The number of hydrogen-bond donors (Lipinski definition) is 0. The van der Waals surface area contributed by atoms with E-state index in [1.807, 2.05) is 13.0 Å². The minimum absolute atomic E-state index is 0.120. The minimum atomic E-state index is 0.120. The van der Waals surface area contributed by atoms with Gasteiger partial charge >= 0.3 is 0 Å². The van der Waals surface area contributed by atoms with Gasteiger partial charge in [-0.25, -0.2) is 0 Å². The molecule has 72 valence electrons. The van der Waals surface area contributed by atoms with Crippen LogP contribution in [0, 0.1) is 30.1 Å². The van der Waals surface area contributed by atoms with Crippen molar-refractivity contribution in [1.82, 2.24) is 0 Å². The smallest absolute Gasteiger partial charge is 0.100 e. The maximum atomic E-state index is 8.85. The molecule has 1 aromatic rings. The van der Waals surface area contributed by atoms with Crippen LogP contribution in [0.2, 0.25) is 0 Å². The lowest BCUT2D eigenvalue weighted by Crippen LogP contribution is -1.85. The van der Waals surface area contributed by atoms with Crippen molar-refractivity contribution >= 4 is 0 Å². The summed E-state index contributed by atoms with van der Waals surface area (Å²) in [6, 6.07) is 7.52. The van der Waals surface area contributed by atoms with Crippen LogP contribution in [0.5, 0.6) is 0 Å². The number of aryl methyl sites for hydroxylation is 1. The highest BCUT2D eigenvalue weighted by molar-refractivity contribution is 5.49. The standard InChI is InChI=1S/C11H8N4/c1-9-4-5-10(11(7-9)8-12)3-2-6-14-15-13/h4-5,7H,6H2,1H3. The van der Waals surface area contributed by atoms with E-state index in [2.05, 4.69) is 27.9 Å². The molecule has 0 N–H and O–H groups in total. The molecule has 1 rings (SSSR count). The van der Waals surface area contributed by atoms with Crippen LogP contribution in [0.3, 0.4) is 0 Å². The van der Waals surface area contributed by atoms with E-state index in [-0.39, 0.29) is 6.54 Å². The first-order valence-electron chi connectivity index (χ1n) is 4.28. The lowest BCUT2D eigenvalue weighted by Gasteiger charge is -1.96. The molecular weight excluding hydrogens is 188 g/mol. The Morgan fingerprint density at radius 2 is 2.27 bits per heavy atom. The van der Waals surface area contributed by atoms with E-state index in [0.717, 1.165) is 5.56 Å². The van der Waals surface area contributed by atoms with Crippen molar-refractivity contribution in [3.05, 3.63) is 45.3 Å². The molecule has 0 saturated carbocycles. The molecule has 1 aromatic carbocycles. The molecule has 0 atom stereocenters. The van der Waals surface area contributed by atoms with E-state index >= 15 is 0 Å². The van der Waals surface area contributed by atoms with Gasteiger partial charge in [0.15, 0.2) is 0 Å². The van der Waals surface area contributed by atoms with E-state index in [4.69, 9.17) is 10.8 Å². The van der Waals surface area contributed by atoms with Gasteiger partial charge in [-0.1, -0.05) is 23.0 Å². The molecule has 0 radical (unpaired) electrons. The molecule has 0 spiro atoms. The third kappa shape index (κ3) is 3.08. The van der Waals surface area contributed by atoms with Gasteiger partial charge in [0.2, 0.25) is 0 Å². The molecule has 4 heteroatoms. The van der Waals surface area contributed by atoms with Crippen LogP contribution in [0.4, 0.5) is 0 Å². The first kappa shape index (κ1) is 10.7. The first-order valence-corrected chi connectivity index (χ1v) is 4.28. The van der Waals surface area contributed by atoms with Gasteiger partial charge in [0.1, 0.15) is 6.07 Å². The number of rotatable bonds is 1. The fourth-order valence-corrected chi connectivity index (χ4v) is 1.06. The zero-order chi connectivity index (χ0) is 11.1. The molecule has 0 aliphatic rings. The Kier molecular flexibility index (Phi) is 3.79. The molecule has 0 aliphatic carbocycles. The first-order chi connectivity index (χ1) is 7.27. The number of hydrogen-bond acceptors (Lipinski definition) is 2. The summed E-state index contributed by atoms with van der Waals surface area (Å²) in [6.07, 6.45) is 0. The molecule has 4 nitrogen and oxygen atoms in total. The van der Waals surface area contributed by atoms with Crippen molar-refractivity contribution in [3.8, 4) is 17.9 Å². The number of benzene rings is 1. The summed E-state index contributed by atoms with van der Waals surface area (Å²) in [5.41, 5.74) is 10.3. The topological polar surface area (TPSA) is 72.6 Å². The highest BCUT2D eigenvalue weighted by Crippen LogP contribution is 2.08. The summed E-state index contributed by atoms with van der Waals surface area (Å²) < 4.78 is 0. The largest absolute Gasteiger partial charge is 0.192 e. The van der Waals surface area contributed by atoms with Gasteiger partial charge in [-0.3, -0.25) is 0 Å². The summed E-state index contributed by atoms with van der Waals surface area (Å²) in [7, 11) is 0. The Bertz CT molecular complexity index is 508. The van der Waals surface area contributed by atoms with Gasteiger partial charge in [0.25, 0.3) is 0 Å². The average Bonchev–Trinajstić information content (AvgIpc) is 2.26. The minimum Gasteiger partial charge on any atom is -0.192 e. The number of azide groups is 1. The highest BCUT2D eigenvalue weighted by Gasteiger charge is 1.97. The fraction of sp³-hybridized carbons (Fsp3) is 0.182. The molecule has 0 saturated heterocycles. The summed E-state index contributed by atoms with van der Waals surface area (Å²) in [4.78, 5) is 2.58. The van der Waals surface area contributed by atoms with Gasteiger partial charge < -0.3 is 0 Å². The maximum Gasteiger partial charge on any atom is 0.100 e. The van der Waals surface area contributed by atoms with Crippen molar-refractivity contribution < 1.29 is 0 Å². The van der Waals surface area contributed by atoms with E-state index in [9.17, 15) is 0 Å². The summed E-state index contributed by atoms with van der Waals surface area (Å²) in [6.45, 7) is 2.03. The predicted octanol–water partition coefficient (Wildman–Crippen LogP) is 2.53. The second kappa shape index (κ2) is 5.34. The molecule has 0 heterocycles. The Labute approximate surface area is 87.8 Å². The number of nitriles is 1. The predicted molar refractivity (Wildman–Crippen MR) is 56.8 cm³/mol. The monoisotopic (exact) mass is 196 g/mol. The van der Waals surface area contributed by atoms with Crippen LogP contribution in [0.25, 0.3) is 10.4 Å². The molecule has 15 heavy (non-hydrogen) atoms. The van der Waals surface area contributed by atoms with E-state index in [0.29, 0.717) is 11.1 Å². The van der Waals surface area contributed by atoms with Gasteiger partial charge in [0.05, 0.1) is 12.1 Å². The molecule has 0 aromatic heterocycles. The van der Waals surface area contributed by atoms with Gasteiger partial charge in [0, 0.05) is 10.5 Å². The van der Waals surface area contributed by atoms with Crippen molar-refractivity contribution in [3.63, 3.8) is 0 Å². The van der Waals surface area contributed by atoms with Crippen LogP contribution in [0.1, 0.15) is 16.7 Å². The average molecular weight is 196 g/mol. The van der Waals surface area contributed by atoms with Crippen molar-refractivity contribution in [2.75, 3.05) is 6.54 Å². The fourth-order valence-electron chi connectivity index (χ4n) is 1.06. The quantitative estimate of drug-likeness (QED) is 0.294. The third-order valence-corrected chi connectivity index (χ3v) is 1.73. The lowest BCUT2D eigenvalue weighted by atomic mass is 10.1. The van der Waals surface area contributed by atoms with Crippen molar-refractivity contribution in [2.24, 2.45) is 5.11 Å².